The third kappa shape index (κ3) is 2.85. The van der Waals surface area contributed by atoms with Crippen LogP contribution in [-0.2, 0) is 6.42 Å². The summed E-state index contributed by atoms with van der Waals surface area (Å²) in [6.07, 6.45) is 2.14. The Morgan fingerprint density at radius 1 is 1.24 bits per heavy atom. The van der Waals surface area contributed by atoms with Gasteiger partial charge in [-0.15, -0.1) is 0 Å². The lowest BCUT2D eigenvalue weighted by Gasteiger charge is -2.04. The number of benzene rings is 2. The summed E-state index contributed by atoms with van der Waals surface area (Å²) in [7, 11) is 1.62. The molecular weight excluding hydrogens is 330 g/mol. The number of halogens is 1. The monoisotopic (exact) mass is 343 g/mol. The number of carbonyl (C=O) groups excluding carboxylic acids is 1. The average Bonchev–Trinajstić information content (AvgIpc) is 2.90. The van der Waals surface area contributed by atoms with Crippen LogP contribution in [0.4, 0.5) is 0 Å². The molecule has 0 bridgehead atoms. The van der Waals surface area contributed by atoms with E-state index < -0.39 is 0 Å². The maximum absolute atomic E-state index is 12.5. The minimum absolute atomic E-state index is 0.0904. The third-order valence-corrected chi connectivity index (χ3v) is 3.94. The highest BCUT2D eigenvalue weighted by Crippen LogP contribution is 2.24. The van der Waals surface area contributed by atoms with Gasteiger partial charge < -0.3 is 9.72 Å². The summed E-state index contributed by atoms with van der Waals surface area (Å²) in [6.45, 7) is 0. The van der Waals surface area contributed by atoms with Crippen molar-refractivity contribution in [3.8, 4) is 5.75 Å². The predicted octanol–water partition coefficient (Wildman–Crippen LogP) is 4.36. The van der Waals surface area contributed by atoms with Gasteiger partial charge >= 0.3 is 0 Å². The van der Waals surface area contributed by atoms with Crippen LogP contribution in [-0.4, -0.2) is 17.9 Å². The highest BCUT2D eigenvalue weighted by atomic mass is 79.9. The number of aromatic amines is 1. The number of ether oxygens (including phenoxy) is 1. The predicted molar refractivity (Wildman–Crippen MR) is 87.0 cm³/mol. The van der Waals surface area contributed by atoms with E-state index in [1.54, 1.807) is 13.3 Å². The fraction of sp³-hybridized carbons (Fsp3) is 0.118. The van der Waals surface area contributed by atoms with E-state index in [4.69, 9.17) is 4.74 Å². The molecule has 0 saturated heterocycles. The molecule has 1 aromatic heterocycles. The largest absolute Gasteiger partial charge is 0.497 e. The summed E-state index contributed by atoms with van der Waals surface area (Å²) >= 11 is 3.44. The zero-order valence-electron chi connectivity index (χ0n) is 11.5. The normalized spacial score (nSPS) is 10.8. The van der Waals surface area contributed by atoms with Crippen molar-refractivity contribution in [3.05, 3.63) is 64.3 Å². The summed E-state index contributed by atoms with van der Waals surface area (Å²) in [5, 5.41) is 0.942. The van der Waals surface area contributed by atoms with Gasteiger partial charge in [-0.05, 0) is 35.9 Å². The van der Waals surface area contributed by atoms with Crippen molar-refractivity contribution >= 4 is 32.6 Å². The molecule has 1 N–H and O–H groups in total. The number of carbonyl (C=O) groups is 1. The number of nitrogens with one attached hydrogen (secondary N) is 1. The second-order valence-electron chi connectivity index (χ2n) is 4.84. The Kier molecular flexibility index (Phi) is 3.80. The van der Waals surface area contributed by atoms with E-state index in [-0.39, 0.29) is 5.78 Å². The maximum atomic E-state index is 12.5. The van der Waals surface area contributed by atoms with Crippen molar-refractivity contribution in [2.75, 3.05) is 7.11 Å². The topological polar surface area (TPSA) is 42.1 Å². The van der Waals surface area contributed by atoms with Gasteiger partial charge in [0.05, 0.1) is 7.11 Å². The standard InChI is InChI=1S/C17H14BrNO2/c1-21-13-4-2-3-11(7-13)8-17(20)15-10-19-16-6-5-12(18)9-14(15)16/h2-7,9-10,19H,8H2,1H3. The second kappa shape index (κ2) is 5.74. The van der Waals surface area contributed by atoms with Crippen LogP contribution in [0.15, 0.2) is 53.1 Å². The van der Waals surface area contributed by atoms with Gasteiger partial charge in [0.1, 0.15) is 5.75 Å². The molecule has 0 spiro atoms. The summed E-state index contributed by atoms with van der Waals surface area (Å²) < 4.78 is 6.15. The van der Waals surface area contributed by atoms with Gasteiger partial charge in [-0.1, -0.05) is 28.1 Å². The lowest BCUT2D eigenvalue weighted by Crippen LogP contribution is -2.03. The van der Waals surface area contributed by atoms with Gasteiger partial charge in [-0.2, -0.15) is 0 Å². The number of methoxy groups -OCH3 is 1. The smallest absolute Gasteiger partial charge is 0.169 e. The molecule has 0 atom stereocenters. The first kappa shape index (κ1) is 13.9. The van der Waals surface area contributed by atoms with Crippen molar-refractivity contribution in [2.24, 2.45) is 0 Å². The summed E-state index contributed by atoms with van der Waals surface area (Å²) in [5.74, 6) is 0.856. The molecule has 3 nitrogen and oxygen atoms in total. The number of aromatic nitrogens is 1. The van der Waals surface area contributed by atoms with E-state index in [0.717, 1.165) is 26.7 Å². The highest BCUT2D eigenvalue weighted by molar-refractivity contribution is 9.10. The van der Waals surface area contributed by atoms with E-state index >= 15 is 0 Å². The van der Waals surface area contributed by atoms with Crippen molar-refractivity contribution < 1.29 is 9.53 Å². The molecule has 3 rings (SSSR count). The molecule has 0 fully saturated rings. The molecule has 0 radical (unpaired) electrons. The molecular formula is C17H14BrNO2. The second-order valence-corrected chi connectivity index (χ2v) is 5.76. The number of H-pyrrole nitrogens is 1. The van der Waals surface area contributed by atoms with Crippen LogP contribution in [0.2, 0.25) is 0 Å². The Bertz CT molecular complexity index is 807. The van der Waals surface area contributed by atoms with Gasteiger partial charge in [-0.25, -0.2) is 0 Å². The first-order valence-corrected chi connectivity index (χ1v) is 7.39. The van der Waals surface area contributed by atoms with Crippen LogP contribution in [0.5, 0.6) is 5.75 Å². The van der Waals surface area contributed by atoms with Crippen LogP contribution in [0.25, 0.3) is 10.9 Å². The van der Waals surface area contributed by atoms with Crippen molar-refractivity contribution in [1.82, 2.24) is 4.98 Å². The third-order valence-electron chi connectivity index (χ3n) is 3.44. The quantitative estimate of drug-likeness (QED) is 0.715. The van der Waals surface area contributed by atoms with Crippen LogP contribution >= 0.6 is 15.9 Å². The van der Waals surface area contributed by atoms with Crippen LogP contribution < -0.4 is 4.74 Å². The molecule has 3 aromatic rings. The van der Waals surface area contributed by atoms with Gasteiger partial charge in [-0.3, -0.25) is 4.79 Å². The van der Waals surface area contributed by atoms with Crippen LogP contribution in [0.1, 0.15) is 15.9 Å². The first-order valence-electron chi connectivity index (χ1n) is 6.60. The molecule has 0 amide bonds. The van der Waals surface area contributed by atoms with Crippen molar-refractivity contribution in [3.63, 3.8) is 0 Å². The number of ketones is 1. The summed E-state index contributed by atoms with van der Waals surface area (Å²) in [5.41, 5.74) is 2.63. The zero-order chi connectivity index (χ0) is 14.8. The number of rotatable bonds is 4. The van der Waals surface area contributed by atoms with E-state index in [1.165, 1.54) is 0 Å². The fourth-order valence-corrected chi connectivity index (χ4v) is 2.75. The molecule has 2 aromatic carbocycles. The maximum Gasteiger partial charge on any atom is 0.169 e. The Morgan fingerprint density at radius 3 is 2.90 bits per heavy atom. The Morgan fingerprint density at radius 2 is 2.10 bits per heavy atom. The van der Waals surface area contributed by atoms with Crippen molar-refractivity contribution in [1.29, 1.82) is 0 Å². The van der Waals surface area contributed by atoms with Gasteiger partial charge in [0.15, 0.2) is 5.78 Å². The lowest BCUT2D eigenvalue weighted by molar-refractivity contribution is 0.0994. The molecule has 0 unspecified atom stereocenters. The zero-order valence-corrected chi connectivity index (χ0v) is 13.1. The van der Waals surface area contributed by atoms with E-state index in [9.17, 15) is 4.79 Å². The Balaban J connectivity index is 1.91. The Hall–Kier alpha value is -2.07. The lowest BCUT2D eigenvalue weighted by atomic mass is 10.0. The molecule has 4 heteroatoms. The minimum Gasteiger partial charge on any atom is -0.497 e. The number of fused-ring (bicyclic) bond motifs is 1. The van der Waals surface area contributed by atoms with Crippen LogP contribution in [0, 0.1) is 0 Å². The molecule has 0 aliphatic carbocycles. The SMILES string of the molecule is COc1cccc(CC(=O)c2c[nH]c3ccc(Br)cc23)c1. The Labute approximate surface area is 131 Å². The molecule has 106 valence electrons. The molecule has 1 heterocycles. The van der Waals surface area contributed by atoms with E-state index in [0.29, 0.717) is 12.0 Å². The van der Waals surface area contributed by atoms with E-state index in [2.05, 4.69) is 20.9 Å². The van der Waals surface area contributed by atoms with Gasteiger partial charge in [0.2, 0.25) is 0 Å². The molecule has 0 saturated carbocycles. The highest BCUT2D eigenvalue weighted by Gasteiger charge is 2.13. The minimum atomic E-state index is 0.0904. The van der Waals surface area contributed by atoms with Crippen molar-refractivity contribution in [2.45, 2.75) is 6.42 Å². The molecule has 21 heavy (non-hydrogen) atoms. The fourth-order valence-electron chi connectivity index (χ4n) is 2.39. The summed E-state index contributed by atoms with van der Waals surface area (Å²) in [6, 6.07) is 13.5. The average molecular weight is 344 g/mol. The van der Waals surface area contributed by atoms with Gasteiger partial charge in [0.25, 0.3) is 0 Å². The molecule has 0 aliphatic heterocycles. The first-order chi connectivity index (χ1) is 10.2. The van der Waals surface area contributed by atoms with E-state index in [1.807, 2.05) is 42.5 Å². The number of Topliss-reactive ketones (excluding diaryl/α,β-unsaturated/α-hetero) is 1. The van der Waals surface area contributed by atoms with Gasteiger partial charge in [0, 0.05) is 33.6 Å². The number of hydrogen-bond acceptors (Lipinski definition) is 2. The number of hydrogen-bond donors (Lipinski definition) is 1. The summed E-state index contributed by atoms with van der Waals surface area (Å²) in [4.78, 5) is 15.7. The van der Waals surface area contributed by atoms with Crippen LogP contribution in [0.3, 0.4) is 0 Å². The molecule has 0 aliphatic rings.